The van der Waals surface area contributed by atoms with Gasteiger partial charge >= 0.3 is 0 Å². The molecule has 0 radical (unpaired) electrons. The molecule has 1 aromatic heterocycles. The van der Waals surface area contributed by atoms with Crippen molar-refractivity contribution in [2.45, 2.75) is 38.8 Å². The Kier molecular flexibility index (Phi) is 9.93. The summed E-state index contributed by atoms with van der Waals surface area (Å²) in [6.45, 7) is 5.96. The molecule has 1 aromatic carbocycles. The lowest BCUT2D eigenvalue weighted by molar-refractivity contribution is 0.169. The summed E-state index contributed by atoms with van der Waals surface area (Å²) < 4.78 is 6.03. The van der Waals surface area contributed by atoms with E-state index >= 15 is 0 Å². The second kappa shape index (κ2) is 12.6. The molecular formula is C24H35IN4OS. The molecule has 7 heteroatoms. The van der Waals surface area contributed by atoms with Crippen molar-refractivity contribution in [3.05, 3.63) is 52.2 Å². The topological polar surface area (TPSA) is 48.9 Å². The molecular weight excluding hydrogens is 519 g/mol. The number of ether oxygens (including phenoxy) is 1. The summed E-state index contributed by atoms with van der Waals surface area (Å²) in [5, 5.41) is 9.18. The zero-order chi connectivity index (χ0) is 20.6. The molecule has 1 saturated heterocycles. The van der Waals surface area contributed by atoms with Gasteiger partial charge in [0.2, 0.25) is 0 Å². The van der Waals surface area contributed by atoms with Gasteiger partial charge in [0.15, 0.2) is 5.96 Å². The van der Waals surface area contributed by atoms with Crippen LogP contribution in [0, 0.1) is 11.8 Å². The minimum atomic E-state index is 0. The van der Waals surface area contributed by atoms with E-state index in [0.717, 1.165) is 50.4 Å². The highest BCUT2D eigenvalue weighted by atomic mass is 127. The van der Waals surface area contributed by atoms with Crippen molar-refractivity contribution in [3.8, 4) is 5.75 Å². The third-order valence-electron chi connectivity index (χ3n) is 5.93. The smallest absolute Gasteiger partial charge is 0.191 e. The van der Waals surface area contributed by atoms with Crippen LogP contribution in [-0.2, 0) is 13.1 Å². The summed E-state index contributed by atoms with van der Waals surface area (Å²) in [6.07, 6.45) is 5.17. The van der Waals surface area contributed by atoms with Crippen LogP contribution in [-0.4, -0.2) is 44.1 Å². The Morgan fingerprint density at radius 2 is 2.00 bits per heavy atom. The van der Waals surface area contributed by atoms with Crippen LogP contribution >= 0.6 is 35.3 Å². The van der Waals surface area contributed by atoms with Gasteiger partial charge in [-0.05, 0) is 61.6 Å². The predicted octanol–water partition coefficient (Wildman–Crippen LogP) is 4.73. The SMILES string of the molecule is CN=C(NCc1ccccc1OCC1CC1)NCC1CCCN(Cc2cccs2)C1.I. The van der Waals surface area contributed by atoms with Crippen LogP contribution in [0.15, 0.2) is 46.8 Å². The maximum Gasteiger partial charge on any atom is 0.191 e. The molecule has 1 aliphatic carbocycles. The zero-order valence-electron chi connectivity index (χ0n) is 18.4. The average molecular weight is 555 g/mol. The number of likely N-dealkylation sites (tertiary alicyclic amines) is 1. The summed E-state index contributed by atoms with van der Waals surface area (Å²) >= 11 is 1.86. The summed E-state index contributed by atoms with van der Waals surface area (Å²) in [5.41, 5.74) is 1.18. The highest BCUT2D eigenvalue weighted by Gasteiger charge is 2.22. The minimum absolute atomic E-state index is 0. The average Bonchev–Trinajstić information content (AvgIpc) is 3.47. The lowest BCUT2D eigenvalue weighted by atomic mass is 9.98. The molecule has 31 heavy (non-hydrogen) atoms. The van der Waals surface area contributed by atoms with Gasteiger partial charge < -0.3 is 15.4 Å². The molecule has 1 saturated carbocycles. The van der Waals surface area contributed by atoms with E-state index in [-0.39, 0.29) is 24.0 Å². The van der Waals surface area contributed by atoms with Crippen LogP contribution < -0.4 is 15.4 Å². The molecule has 0 amide bonds. The predicted molar refractivity (Wildman–Crippen MR) is 141 cm³/mol. The van der Waals surface area contributed by atoms with Crippen molar-refractivity contribution in [2.24, 2.45) is 16.8 Å². The highest BCUT2D eigenvalue weighted by Crippen LogP contribution is 2.30. The van der Waals surface area contributed by atoms with E-state index in [9.17, 15) is 0 Å². The van der Waals surface area contributed by atoms with E-state index < -0.39 is 0 Å². The maximum absolute atomic E-state index is 6.03. The number of hydrogen-bond donors (Lipinski definition) is 2. The van der Waals surface area contributed by atoms with Gasteiger partial charge in [-0.2, -0.15) is 0 Å². The normalized spacial score (nSPS) is 19.5. The molecule has 2 aromatic rings. The van der Waals surface area contributed by atoms with Gasteiger partial charge in [-0.25, -0.2) is 0 Å². The Morgan fingerprint density at radius 1 is 1.13 bits per heavy atom. The van der Waals surface area contributed by atoms with E-state index in [2.05, 4.69) is 56.2 Å². The fraction of sp³-hybridized carbons (Fsp3) is 0.542. The fourth-order valence-corrected chi connectivity index (χ4v) is 4.75. The van der Waals surface area contributed by atoms with Gasteiger partial charge in [0.1, 0.15) is 5.75 Å². The number of rotatable bonds is 9. The molecule has 4 rings (SSSR count). The van der Waals surface area contributed by atoms with Crippen molar-refractivity contribution >= 4 is 41.3 Å². The maximum atomic E-state index is 6.03. The van der Waals surface area contributed by atoms with Gasteiger partial charge in [0.05, 0.1) is 6.61 Å². The molecule has 170 valence electrons. The molecule has 1 atom stereocenters. The van der Waals surface area contributed by atoms with E-state index in [1.165, 1.54) is 42.7 Å². The van der Waals surface area contributed by atoms with Crippen LogP contribution in [0.2, 0.25) is 0 Å². The number of guanidine groups is 1. The van der Waals surface area contributed by atoms with Gasteiger partial charge in [-0.15, -0.1) is 35.3 Å². The Balaban J connectivity index is 0.00000272. The van der Waals surface area contributed by atoms with Gasteiger partial charge in [0.25, 0.3) is 0 Å². The minimum Gasteiger partial charge on any atom is -0.493 e. The lowest BCUT2D eigenvalue weighted by Gasteiger charge is -2.32. The number of para-hydroxylation sites is 1. The summed E-state index contributed by atoms with van der Waals surface area (Å²) in [7, 11) is 1.84. The first-order valence-corrected chi connectivity index (χ1v) is 12.1. The number of piperidine rings is 1. The first kappa shape index (κ1) is 24.3. The van der Waals surface area contributed by atoms with Crippen LogP contribution in [0.3, 0.4) is 0 Å². The van der Waals surface area contributed by atoms with Gasteiger partial charge in [-0.1, -0.05) is 24.3 Å². The Bertz CT molecular complexity index is 810. The van der Waals surface area contributed by atoms with E-state index in [1.54, 1.807) is 0 Å². The second-order valence-corrected chi connectivity index (χ2v) is 9.52. The van der Waals surface area contributed by atoms with Crippen LogP contribution in [0.5, 0.6) is 5.75 Å². The number of benzene rings is 1. The number of hydrogen-bond acceptors (Lipinski definition) is 4. The third-order valence-corrected chi connectivity index (χ3v) is 6.80. The number of aliphatic imine (C=N–C) groups is 1. The largest absolute Gasteiger partial charge is 0.493 e. The quantitative estimate of drug-likeness (QED) is 0.267. The molecule has 5 nitrogen and oxygen atoms in total. The standard InChI is InChI=1S/C24H34N4OS.HI/c1-25-24(27-15-21-7-2-3-9-23(21)29-18-19-10-11-19)26-14-20-6-4-12-28(16-20)17-22-8-5-13-30-22;/h2-3,5,7-9,13,19-20H,4,6,10-12,14-18H2,1H3,(H2,25,26,27);1H. The van der Waals surface area contributed by atoms with Crippen molar-refractivity contribution in [1.29, 1.82) is 0 Å². The first-order chi connectivity index (χ1) is 14.8. The monoisotopic (exact) mass is 554 g/mol. The van der Waals surface area contributed by atoms with Gasteiger partial charge in [0, 0.05) is 43.7 Å². The second-order valence-electron chi connectivity index (χ2n) is 8.49. The van der Waals surface area contributed by atoms with Crippen LogP contribution in [0.1, 0.15) is 36.1 Å². The molecule has 2 aliphatic rings. The third kappa shape index (κ3) is 7.95. The number of thiophene rings is 1. The molecule has 2 heterocycles. The van der Waals surface area contributed by atoms with Crippen molar-refractivity contribution < 1.29 is 4.74 Å². The Morgan fingerprint density at radius 3 is 2.77 bits per heavy atom. The number of nitrogens with one attached hydrogen (secondary N) is 2. The van der Waals surface area contributed by atoms with Crippen molar-refractivity contribution in [1.82, 2.24) is 15.5 Å². The van der Waals surface area contributed by atoms with E-state index in [0.29, 0.717) is 5.92 Å². The molecule has 1 aliphatic heterocycles. The number of halogens is 1. The Labute approximate surface area is 207 Å². The van der Waals surface area contributed by atoms with E-state index in [4.69, 9.17) is 4.74 Å². The molecule has 0 bridgehead atoms. The first-order valence-electron chi connectivity index (χ1n) is 11.2. The van der Waals surface area contributed by atoms with Gasteiger partial charge in [-0.3, -0.25) is 9.89 Å². The summed E-state index contributed by atoms with van der Waals surface area (Å²) in [4.78, 5) is 8.47. The fourth-order valence-electron chi connectivity index (χ4n) is 4.01. The van der Waals surface area contributed by atoms with E-state index in [1.807, 2.05) is 24.5 Å². The van der Waals surface area contributed by atoms with Crippen molar-refractivity contribution in [3.63, 3.8) is 0 Å². The zero-order valence-corrected chi connectivity index (χ0v) is 21.5. The van der Waals surface area contributed by atoms with Crippen molar-refractivity contribution in [2.75, 3.05) is 33.3 Å². The van der Waals surface area contributed by atoms with Crippen LogP contribution in [0.4, 0.5) is 0 Å². The Hall–Kier alpha value is -1.32. The molecule has 2 fully saturated rings. The molecule has 0 spiro atoms. The number of nitrogens with zero attached hydrogens (tertiary/aromatic N) is 2. The summed E-state index contributed by atoms with van der Waals surface area (Å²) in [6, 6.07) is 12.7. The summed E-state index contributed by atoms with van der Waals surface area (Å²) in [5.74, 6) is 3.27. The highest BCUT2D eigenvalue weighted by molar-refractivity contribution is 14.0. The van der Waals surface area contributed by atoms with Crippen LogP contribution in [0.25, 0.3) is 0 Å². The molecule has 1 unspecified atom stereocenters. The lowest BCUT2D eigenvalue weighted by Crippen LogP contribution is -2.44. The molecule has 2 N–H and O–H groups in total.